The quantitative estimate of drug-likeness (QED) is 0.147. The van der Waals surface area contributed by atoms with Gasteiger partial charge in [-0.15, -0.1) is 11.3 Å². The molecular formula is C62H41NS. The molecule has 0 bridgehead atoms. The van der Waals surface area contributed by atoms with Crippen LogP contribution in [0.15, 0.2) is 249 Å². The number of thiophene rings is 1. The molecule has 12 aromatic rings. The standard InChI is InChI=1S/C62H41NS/c1-3-18-53-45(12-1)14-10-22-55(53)47-28-26-42(27-29-47)43-30-35-51(36-31-43)63(60-24-7-5-20-57(60)50-34-39-62-59(41-50)58-21-6-8-25-61(58)64-62)52-37-32-44(33-38-52)48-16-9-17-49(40-48)56-23-11-15-46-13-2-4-19-54(46)56/h1-41H. The Morgan fingerprint density at radius 3 is 1.38 bits per heavy atom. The third kappa shape index (κ3) is 6.82. The van der Waals surface area contributed by atoms with Gasteiger partial charge in [0.25, 0.3) is 0 Å². The normalized spacial score (nSPS) is 11.4. The highest BCUT2D eigenvalue weighted by Crippen LogP contribution is 2.44. The Hall–Kier alpha value is -8.04. The van der Waals surface area contributed by atoms with E-state index >= 15 is 0 Å². The predicted molar refractivity (Wildman–Crippen MR) is 276 cm³/mol. The van der Waals surface area contributed by atoms with Gasteiger partial charge in [-0.1, -0.05) is 194 Å². The van der Waals surface area contributed by atoms with Crippen molar-refractivity contribution in [2.45, 2.75) is 0 Å². The molecule has 0 unspecified atom stereocenters. The first-order chi connectivity index (χ1) is 31.7. The lowest BCUT2D eigenvalue weighted by Gasteiger charge is -2.28. The van der Waals surface area contributed by atoms with Crippen LogP contribution >= 0.6 is 11.3 Å². The minimum atomic E-state index is 1.09. The van der Waals surface area contributed by atoms with E-state index in [9.17, 15) is 0 Å². The molecule has 300 valence electrons. The molecule has 0 aliphatic rings. The molecule has 0 aliphatic carbocycles. The van der Waals surface area contributed by atoms with Crippen LogP contribution < -0.4 is 4.90 Å². The lowest BCUT2D eigenvalue weighted by molar-refractivity contribution is 1.28. The fourth-order valence-electron chi connectivity index (χ4n) is 9.50. The summed E-state index contributed by atoms with van der Waals surface area (Å²) in [7, 11) is 0. The van der Waals surface area contributed by atoms with Crippen molar-refractivity contribution in [1.82, 2.24) is 0 Å². The van der Waals surface area contributed by atoms with E-state index in [0.29, 0.717) is 0 Å². The van der Waals surface area contributed by atoms with E-state index in [1.54, 1.807) is 0 Å². The predicted octanol–water partition coefficient (Wildman–Crippen LogP) is 18.2. The first kappa shape index (κ1) is 37.7. The Morgan fingerprint density at radius 2 is 0.688 bits per heavy atom. The zero-order valence-corrected chi connectivity index (χ0v) is 35.8. The van der Waals surface area contributed by atoms with Crippen LogP contribution in [-0.4, -0.2) is 0 Å². The highest BCUT2D eigenvalue weighted by Gasteiger charge is 2.19. The summed E-state index contributed by atoms with van der Waals surface area (Å²) in [5.74, 6) is 0. The largest absolute Gasteiger partial charge is 0.310 e. The number of nitrogens with zero attached hydrogens (tertiary/aromatic N) is 1. The van der Waals surface area contributed by atoms with Crippen LogP contribution in [-0.2, 0) is 0 Å². The van der Waals surface area contributed by atoms with Crippen LogP contribution in [0.25, 0.3) is 97.4 Å². The third-order valence-electron chi connectivity index (χ3n) is 12.7. The fraction of sp³-hybridized carbons (Fsp3) is 0. The minimum Gasteiger partial charge on any atom is -0.310 e. The van der Waals surface area contributed by atoms with Crippen LogP contribution in [0.4, 0.5) is 17.1 Å². The van der Waals surface area contributed by atoms with Crippen molar-refractivity contribution in [2.75, 3.05) is 4.90 Å². The number of hydrogen-bond acceptors (Lipinski definition) is 2. The van der Waals surface area contributed by atoms with Gasteiger partial charge in [-0.25, -0.2) is 0 Å². The van der Waals surface area contributed by atoms with E-state index in [1.165, 1.54) is 97.4 Å². The second-order valence-electron chi connectivity index (χ2n) is 16.5. The lowest BCUT2D eigenvalue weighted by atomic mass is 9.95. The van der Waals surface area contributed by atoms with E-state index < -0.39 is 0 Å². The van der Waals surface area contributed by atoms with Gasteiger partial charge in [0.1, 0.15) is 0 Å². The molecule has 1 heterocycles. The topological polar surface area (TPSA) is 3.24 Å². The molecule has 0 saturated carbocycles. The van der Waals surface area contributed by atoms with Gasteiger partial charge >= 0.3 is 0 Å². The van der Waals surface area contributed by atoms with Crippen LogP contribution in [0.2, 0.25) is 0 Å². The number of rotatable bonds is 8. The van der Waals surface area contributed by atoms with E-state index in [2.05, 4.69) is 254 Å². The van der Waals surface area contributed by atoms with Crippen molar-refractivity contribution in [3.05, 3.63) is 249 Å². The molecule has 0 radical (unpaired) electrons. The Morgan fingerprint density at radius 1 is 0.250 bits per heavy atom. The number of fused-ring (bicyclic) bond motifs is 5. The number of hydrogen-bond donors (Lipinski definition) is 0. The molecule has 0 spiro atoms. The molecule has 0 aliphatic heterocycles. The van der Waals surface area contributed by atoms with Crippen molar-refractivity contribution in [1.29, 1.82) is 0 Å². The third-order valence-corrected chi connectivity index (χ3v) is 13.9. The van der Waals surface area contributed by atoms with Crippen molar-refractivity contribution in [3.63, 3.8) is 0 Å². The van der Waals surface area contributed by atoms with Gasteiger partial charge in [0, 0.05) is 37.1 Å². The molecular weight excluding hydrogens is 791 g/mol. The average molecular weight is 832 g/mol. The zero-order valence-electron chi connectivity index (χ0n) is 35.0. The zero-order chi connectivity index (χ0) is 42.4. The Bertz CT molecular complexity index is 3640. The molecule has 2 heteroatoms. The summed E-state index contributed by atoms with van der Waals surface area (Å²) in [6.07, 6.45) is 0. The Labute approximate surface area is 377 Å². The Kier molecular flexibility index (Phi) is 9.43. The lowest BCUT2D eigenvalue weighted by Crippen LogP contribution is -2.11. The number of benzene rings is 11. The minimum absolute atomic E-state index is 1.09. The maximum atomic E-state index is 2.41. The average Bonchev–Trinajstić information content (AvgIpc) is 3.75. The molecule has 11 aromatic carbocycles. The van der Waals surface area contributed by atoms with Gasteiger partial charge in [0.05, 0.1) is 5.69 Å². The summed E-state index contributed by atoms with van der Waals surface area (Å²) in [4.78, 5) is 2.41. The summed E-state index contributed by atoms with van der Waals surface area (Å²) >= 11 is 1.86. The summed E-state index contributed by atoms with van der Waals surface area (Å²) in [6, 6.07) is 90.9. The van der Waals surface area contributed by atoms with Gasteiger partial charge < -0.3 is 4.90 Å². The molecule has 0 fully saturated rings. The molecule has 0 saturated heterocycles. The van der Waals surface area contributed by atoms with Gasteiger partial charge in [-0.2, -0.15) is 0 Å². The fourth-order valence-corrected chi connectivity index (χ4v) is 10.6. The molecule has 0 N–H and O–H groups in total. The van der Waals surface area contributed by atoms with E-state index in [0.717, 1.165) is 17.1 Å². The summed E-state index contributed by atoms with van der Waals surface area (Å²) in [6.45, 7) is 0. The van der Waals surface area contributed by atoms with Crippen molar-refractivity contribution < 1.29 is 0 Å². The summed E-state index contributed by atoms with van der Waals surface area (Å²) < 4.78 is 2.62. The van der Waals surface area contributed by atoms with Gasteiger partial charge in [-0.3, -0.25) is 0 Å². The van der Waals surface area contributed by atoms with Gasteiger partial charge in [-0.05, 0) is 126 Å². The maximum Gasteiger partial charge on any atom is 0.0540 e. The van der Waals surface area contributed by atoms with Gasteiger partial charge in [0.15, 0.2) is 0 Å². The molecule has 1 nitrogen and oxygen atoms in total. The first-order valence-corrected chi connectivity index (χ1v) is 22.7. The highest BCUT2D eigenvalue weighted by atomic mass is 32.1. The van der Waals surface area contributed by atoms with Crippen molar-refractivity contribution in [3.8, 4) is 55.6 Å². The number of anilines is 3. The molecule has 12 rings (SSSR count). The van der Waals surface area contributed by atoms with Crippen LogP contribution in [0, 0.1) is 0 Å². The SMILES string of the molecule is c1cc(-c2ccc(N(c3ccc(-c4ccc(-c5cccc6ccccc56)cc4)cc3)c3ccccc3-c3ccc4sc5ccccc5c4c3)cc2)cc(-c2cccc3ccccc23)c1. The highest BCUT2D eigenvalue weighted by molar-refractivity contribution is 7.25. The van der Waals surface area contributed by atoms with E-state index in [-0.39, 0.29) is 0 Å². The first-order valence-electron chi connectivity index (χ1n) is 21.9. The molecule has 1 aromatic heterocycles. The van der Waals surface area contributed by atoms with Crippen LogP contribution in [0.1, 0.15) is 0 Å². The second-order valence-corrected chi connectivity index (χ2v) is 17.6. The molecule has 0 amide bonds. The maximum absolute atomic E-state index is 2.41. The van der Waals surface area contributed by atoms with Gasteiger partial charge in [0.2, 0.25) is 0 Å². The second kappa shape index (κ2) is 16.0. The van der Waals surface area contributed by atoms with E-state index in [4.69, 9.17) is 0 Å². The molecule has 64 heavy (non-hydrogen) atoms. The van der Waals surface area contributed by atoms with Crippen LogP contribution in [0.3, 0.4) is 0 Å². The summed E-state index contributed by atoms with van der Waals surface area (Å²) in [5.41, 5.74) is 15.4. The summed E-state index contributed by atoms with van der Waals surface area (Å²) in [5, 5.41) is 7.65. The Balaban J connectivity index is 0.932. The number of para-hydroxylation sites is 1. The van der Waals surface area contributed by atoms with Crippen molar-refractivity contribution in [2.24, 2.45) is 0 Å². The monoisotopic (exact) mass is 831 g/mol. The van der Waals surface area contributed by atoms with Crippen molar-refractivity contribution >= 4 is 70.1 Å². The smallest absolute Gasteiger partial charge is 0.0540 e. The molecule has 0 atom stereocenters. The van der Waals surface area contributed by atoms with Crippen LogP contribution in [0.5, 0.6) is 0 Å². The van der Waals surface area contributed by atoms with E-state index in [1.807, 2.05) is 11.3 Å².